The number of piperidine rings is 1. The molecule has 1 saturated carbocycles. The van der Waals surface area contributed by atoms with Gasteiger partial charge in [-0.15, -0.1) is 5.10 Å². The molecule has 188 valence electrons. The van der Waals surface area contributed by atoms with Crippen molar-refractivity contribution in [2.24, 2.45) is 11.8 Å². The van der Waals surface area contributed by atoms with Crippen LogP contribution in [-0.2, 0) is 0 Å². The second-order valence-electron chi connectivity index (χ2n) is 9.02. The van der Waals surface area contributed by atoms with Crippen molar-refractivity contribution in [2.45, 2.75) is 37.9 Å². The summed E-state index contributed by atoms with van der Waals surface area (Å²) < 4.78 is 84.4. The molecule has 0 aromatic carbocycles. The van der Waals surface area contributed by atoms with Crippen LogP contribution in [0.5, 0.6) is 5.75 Å². The summed E-state index contributed by atoms with van der Waals surface area (Å²) in [4.78, 5) is 10.3. The van der Waals surface area contributed by atoms with Crippen molar-refractivity contribution in [3.05, 3.63) is 42.1 Å². The molecule has 0 spiro atoms. The van der Waals surface area contributed by atoms with Crippen molar-refractivity contribution < 1.29 is 31.1 Å². The Labute approximate surface area is 196 Å². The number of fused-ring (bicyclic) bond motifs is 3. The largest absolute Gasteiger partial charge is 0.483 e. The number of alkyl halides is 5. The number of nitrogens with zero attached hydrogens (tertiary/aromatic N) is 5. The molecule has 0 amide bonds. The first-order valence-corrected chi connectivity index (χ1v) is 11.1. The van der Waals surface area contributed by atoms with Crippen LogP contribution in [0.25, 0.3) is 5.65 Å². The van der Waals surface area contributed by atoms with Gasteiger partial charge < -0.3 is 15.0 Å². The fourth-order valence-corrected chi connectivity index (χ4v) is 4.88. The molecule has 2 aliphatic rings. The minimum atomic E-state index is -5.72. The molecule has 13 heteroatoms. The maximum Gasteiger partial charge on any atom is 0.456 e. The number of pyridine rings is 2. The molecule has 1 N–H and O–H groups in total. The van der Waals surface area contributed by atoms with Gasteiger partial charge in [-0.1, -0.05) is 0 Å². The Kier molecular flexibility index (Phi) is 5.67. The topological polar surface area (TPSA) is 67.6 Å². The third-order valence-electron chi connectivity index (χ3n) is 6.59. The van der Waals surface area contributed by atoms with Gasteiger partial charge in [-0.25, -0.2) is 8.91 Å². The third-order valence-corrected chi connectivity index (χ3v) is 6.59. The molecule has 5 rings (SSSR count). The van der Waals surface area contributed by atoms with Gasteiger partial charge in [0.05, 0.1) is 11.9 Å². The Morgan fingerprint density at radius 3 is 2.54 bits per heavy atom. The van der Waals surface area contributed by atoms with Gasteiger partial charge in [0.15, 0.2) is 23.8 Å². The molecule has 2 unspecified atom stereocenters. The van der Waals surface area contributed by atoms with Crippen molar-refractivity contribution in [1.82, 2.24) is 19.6 Å². The molecule has 3 aromatic heterocycles. The predicted molar refractivity (Wildman–Crippen MR) is 114 cm³/mol. The molecule has 3 aromatic rings. The first kappa shape index (κ1) is 23.5. The summed E-state index contributed by atoms with van der Waals surface area (Å²) in [5.41, 5.74) is 1.28. The van der Waals surface area contributed by atoms with Crippen molar-refractivity contribution in [1.29, 1.82) is 0 Å². The second kappa shape index (κ2) is 8.45. The number of rotatable bonds is 6. The van der Waals surface area contributed by atoms with Gasteiger partial charge >= 0.3 is 12.1 Å². The van der Waals surface area contributed by atoms with E-state index in [2.05, 4.69) is 20.4 Å². The van der Waals surface area contributed by atoms with E-state index in [1.807, 2.05) is 11.8 Å². The summed E-state index contributed by atoms with van der Waals surface area (Å²) in [6.45, 7) is 1.20. The van der Waals surface area contributed by atoms with E-state index < -0.39 is 18.7 Å². The molecule has 7 nitrogen and oxygen atoms in total. The molecule has 1 aliphatic carbocycles. The maximum atomic E-state index is 14.4. The summed E-state index contributed by atoms with van der Waals surface area (Å²) in [6.07, 6.45) is -1.14. The summed E-state index contributed by atoms with van der Waals surface area (Å²) >= 11 is 0. The fraction of sp³-hybridized carbons (Fsp3) is 0.500. The van der Waals surface area contributed by atoms with Gasteiger partial charge in [-0.3, -0.25) is 4.98 Å². The highest BCUT2D eigenvalue weighted by molar-refractivity contribution is 5.56. The van der Waals surface area contributed by atoms with Crippen molar-refractivity contribution in [3.8, 4) is 5.75 Å². The molecule has 35 heavy (non-hydrogen) atoms. The lowest BCUT2D eigenvalue weighted by Crippen LogP contribution is -2.48. The van der Waals surface area contributed by atoms with Crippen LogP contribution in [0.15, 0.2) is 30.6 Å². The summed E-state index contributed by atoms with van der Waals surface area (Å²) in [6, 6.07) is 4.41. The Hall–Kier alpha value is -3.25. The Bertz CT molecular complexity index is 1220. The van der Waals surface area contributed by atoms with Crippen molar-refractivity contribution >= 4 is 17.3 Å². The molecule has 1 aliphatic heterocycles. The van der Waals surface area contributed by atoms with E-state index in [-0.39, 0.29) is 41.0 Å². The Morgan fingerprint density at radius 1 is 1.14 bits per heavy atom. The zero-order valence-electron chi connectivity index (χ0n) is 18.6. The first-order chi connectivity index (χ1) is 16.5. The average Bonchev–Trinajstić information content (AvgIpc) is 3.29. The molecule has 2 fully saturated rings. The average molecular weight is 500 g/mol. The number of aryl methyl sites for hydroxylation is 1. The van der Waals surface area contributed by atoms with Gasteiger partial charge in [0, 0.05) is 31.0 Å². The van der Waals surface area contributed by atoms with E-state index >= 15 is 0 Å². The lowest BCUT2D eigenvalue weighted by atomic mass is 9.92. The minimum absolute atomic E-state index is 0.00795. The van der Waals surface area contributed by atoms with E-state index in [0.29, 0.717) is 18.8 Å². The number of aromatic nitrogens is 4. The second-order valence-corrected chi connectivity index (χ2v) is 9.02. The van der Waals surface area contributed by atoms with Crippen LogP contribution in [0.4, 0.5) is 38.0 Å². The van der Waals surface area contributed by atoms with Crippen LogP contribution in [0.3, 0.4) is 0 Å². The lowest BCUT2D eigenvalue weighted by molar-refractivity contribution is -0.289. The summed E-state index contributed by atoms with van der Waals surface area (Å²) in [5, 5.41) is 7.58. The number of halogens is 6. The van der Waals surface area contributed by atoms with Crippen LogP contribution in [-0.4, -0.2) is 57.4 Å². The SMILES string of the molecule is Cc1cc(N2CC3CCC(C2)C3Nc2nc3c(OCC(F)(F)C(F)(F)F)cccn3n2)c(F)cn1. The van der Waals surface area contributed by atoms with Crippen LogP contribution < -0.4 is 15.0 Å². The first-order valence-electron chi connectivity index (χ1n) is 11.1. The number of hydrogen-bond acceptors (Lipinski definition) is 6. The van der Waals surface area contributed by atoms with Crippen molar-refractivity contribution in [3.63, 3.8) is 0 Å². The van der Waals surface area contributed by atoms with Crippen LogP contribution in [0.1, 0.15) is 18.5 Å². The third kappa shape index (κ3) is 4.43. The standard InChI is InChI=1S/C22H22F6N6O/c1-12-7-16(15(23)8-29-12)33-9-13-4-5-14(10-33)18(13)30-20-31-19-17(3-2-6-34(19)32-20)35-11-21(24,25)22(26,27)28/h2-3,6-8,13-14,18H,4-5,9-11H2,1H3,(H,30,32). The van der Waals surface area contributed by atoms with Gasteiger partial charge in [0.2, 0.25) is 5.95 Å². The zero-order chi connectivity index (χ0) is 25.0. The van der Waals surface area contributed by atoms with Crippen LogP contribution in [0, 0.1) is 24.6 Å². The Balaban J connectivity index is 1.31. The van der Waals surface area contributed by atoms with Gasteiger partial charge in [-0.2, -0.15) is 26.9 Å². The molecular formula is C22H22F6N6O. The molecular weight excluding hydrogens is 478 g/mol. The normalized spacial score (nSPS) is 22.6. The monoisotopic (exact) mass is 500 g/mol. The van der Waals surface area contributed by atoms with Crippen molar-refractivity contribution in [2.75, 3.05) is 29.9 Å². The number of ether oxygens (including phenoxy) is 1. The van der Waals surface area contributed by atoms with Gasteiger partial charge in [0.25, 0.3) is 0 Å². The molecule has 0 radical (unpaired) electrons. The van der Waals surface area contributed by atoms with E-state index in [4.69, 9.17) is 4.74 Å². The number of nitrogens with one attached hydrogen (secondary N) is 1. The highest BCUT2D eigenvalue weighted by Crippen LogP contribution is 2.41. The maximum absolute atomic E-state index is 14.4. The molecule has 2 atom stereocenters. The highest BCUT2D eigenvalue weighted by Gasteiger charge is 2.58. The molecule has 4 heterocycles. The highest BCUT2D eigenvalue weighted by atomic mass is 19.4. The zero-order valence-corrected chi connectivity index (χ0v) is 18.6. The van der Waals surface area contributed by atoms with E-state index in [9.17, 15) is 26.3 Å². The molecule has 1 saturated heterocycles. The smallest absolute Gasteiger partial charge is 0.456 e. The van der Waals surface area contributed by atoms with E-state index in [1.54, 1.807) is 6.07 Å². The summed E-state index contributed by atoms with van der Waals surface area (Å²) in [7, 11) is 0. The van der Waals surface area contributed by atoms with E-state index in [1.165, 1.54) is 29.0 Å². The van der Waals surface area contributed by atoms with Crippen LogP contribution in [0.2, 0.25) is 0 Å². The number of hydrogen-bond donors (Lipinski definition) is 1. The van der Waals surface area contributed by atoms with Gasteiger partial charge in [0.1, 0.15) is 0 Å². The van der Waals surface area contributed by atoms with E-state index in [0.717, 1.165) is 18.5 Å². The van der Waals surface area contributed by atoms with Crippen LogP contribution >= 0.6 is 0 Å². The molecule has 2 bridgehead atoms. The fourth-order valence-electron chi connectivity index (χ4n) is 4.88. The summed E-state index contributed by atoms with van der Waals surface area (Å²) in [5.74, 6) is -5.01. The predicted octanol–water partition coefficient (Wildman–Crippen LogP) is 4.48. The van der Waals surface area contributed by atoms with Gasteiger partial charge in [-0.05, 0) is 49.8 Å². The number of anilines is 2. The lowest BCUT2D eigenvalue weighted by Gasteiger charge is -2.39. The Morgan fingerprint density at radius 2 is 1.86 bits per heavy atom. The minimum Gasteiger partial charge on any atom is -0.483 e. The quantitative estimate of drug-likeness (QED) is 0.504.